The van der Waals surface area contributed by atoms with E-state index in [1.807, 2.05) is 0 Å². The minimum absolute atomic E-state index is 0.0235. The van der Waals surface area contributed by atoms with E-state index in [1.165, 1.54) is 94.8 Å². The highest BCUT2D eigenvalue weighted by atomic mass is 15.2. The van der Waals surface area contributed by atoms with Gasteiger partial charge in [0.15, 0.2) is 0 Å². The van der Waals surface area contributed by atoms with Crippen LogP contribution in [0.25, 0.3) is 22.3 Å². The molecule has 0 amide bonds. The third-order valence-corrected chi connectivity index (χ3v) is 14.6. The Hall–Kier alpha value is -8.14. The predicted octanol–water partition coefficient (Wildman–Crippen LogP) is 15.1. The van der Waals surface area contributed by atoms with Crippen molar-refractivity contribution in [2.45, 2.75) is 38.5 Å². The number of benzene rings is 10. The van der Waals surface area contributed by atoms with Crippen molar-refractivity contribution in [3.8, 4) is 22.3 Å². The summed E-state index contributed by atoms with van der Waals surface area (Å²) >= 11 is 0. The van der Waals surface area contributed by atoms with Crippen LogP contribution in [0.1, 0.15) is 54.2 Å². The Morgan fingerprint density at radius 1 is 0.319 bits per heavy atom. The first-order chi connectivity index (χ1) is 33.8. The molecule has 2 heterocycles. The number of aryl methyl sites for hydroxylation is 1. The van der Waals surface area contributed by atoms with E-state index in [2.05, 4.69) is 286 Å². The highest BCUT2D eigenvalue weighted by Crippen LogP contribution is 2.49. The van der Waals surface area contributed by atoms with E-state index in [0.29, 0.717) is 0 Å². The van der Waals surface area contributed by atoms with E-state index >= 15 is 0 Å². The van der Waals surface area contributed by atoms with E-state index in [9.17, 15) is 0 Å². The second kappa shape index (κ2) is 16.9. The van der Waals surface area contributed by atoms with Gasteiger partial charge in [0.25, 0.3) is 6.71 Å². The molecule has 3 heteroatoms. The second-order valence-corrected chi connectivity index (χ2v) is 19.8. The van der Waals surface area contributed by atoms with E-state index in [1.54, 1.807) is 0 Å². The molecule has 0 spiro atoms. The van der Waals surface area contributed by atoms with Crippen LogP contribution < -0.4 is 26.2 Å². The minimum atomic E-state index is -0.543. The molecule has 0 saturated carbocycles. The molecule has 0 bridgehead atoms. The van der Waals surface area contributed by atoms with Gasteiger partial charge in [0.1, 0.15) is 0 Å². The van der Waals surface area contributed by atoms with Crippen molar-refractivity contribution in [1.82, 2.24) is 0 Å². The average molecular weight is 885 g/mol. The van der Waals surface area contributed by atoms with Crippen molar-refractivity contribution < 1.29 is 0 Å². The molecule has 0 atom stereocenters. The van der Waals surface area contributed by atoms with Gasteiger partial charge in [-0.15, -0.1) is 0 Å². The summed E-state index contributed by atoms with van der Waals surface area (Å²) in [5.74, 6) is 0. The van der Waals surface area contributed by atoms with Crippen molar-refractivity contribution in [1.29, 1.82) is 0 Å². The Balaban J connectivity index is 1.09. The Bertz CT molecular complexity index is 3320. The number of hydrogen-bond donors (Lipinski definition) is 0. The van der Waals surface area contributed by atoms with Crippen LogP contribution in [0.2, 0.25) is 0 Å². The zero-order valence-corrected chi connectivity index (χ0v) is 39.6. The molecule has 12 rings (SSSR count). The van der Waals surface area contributed by atoms with Crippen molar-refractivity contribution in [2.75, 3.05) is 9.80 Å². The van der Waals surface area contributed by atoms with E-state index in [4.69, 9.17) is 0 Å². The topological polar surface area (TPSA) is 6.48 Å². The molecule has 2 aliphatic rings. The molecular formula is C66H53BN2. The maximum absolute atomic E-state index is 2.58. The summed E-state index contributed by atoms with van der Waals surface area (Å²) in [6, 6.07) is 92.5. The summed E-state index contributed by atoms with van der Waals surface area (Å²) in [5, 5.41) is 0. The van der Waals surface area contributed by atoms with Crippen LogP contribution >= 0.6 is 0 Å². The molecule has 330 valence electrons. The molecule has 2 nitrogen and oxygen atoms in total. The Morgan fingerprint density at radius 3 is 1.25 bits per heavy atom. The Morgan fingerprint density at radius 2 is 0.739 bits per heavy atom. The highest BCUT2D eigenvalue weighted by molar-refractivity contribution is 7.00. The fraction of sp³-hybridized carbons (Fsp3) is 0.0909. The van der Waals surface area contributed by atoms with Crippen molar-refractivity contribution in [3.05, 3.63) is 282 Å². The van der Waals surface area contributed by atoms with Gasteiger partial charge in [-0.3, -0.25) is 0 Å². The first kappa shape index (κ1) is 42.2. The van der Waals surface area contributed by atoms with Crippen LogP contribution in [-0.2, 0) is 10.8 Å². The van der Waals surface area contributed by atoms with Crippen LogP contribution in [0.4, 0.5) is 34.1 Å². The SMILES string of the molecule is Cc1cc2c3c(c1)N(c1cc(-c4ccccc4)cc(-c4ccccc4)c1)c1cc(C(C)(C)C)ccc1B3c1ccccc1N2c1ccc(C(c2ccccc2)(c2ccccc2)c2ccccc2)cc1. The van der Waals surface area contributed by atoms with Crippen molar-refractivity contribution >= 4 is 57.2 Å². The molecule has 0 fully saturated rings. The molecule has 0 N–H and O–H groups in total. The van der Waals surface area contributed by atoms with Gasteiger partial charge in [-0.1, -0.05) is 215 Å². The summed E-state index contributed by atoms with van der Waals surface area (Å²) in [5.41, 5.74) is 22.7. The van der Waals surface area contributed by atoms with E-state index in [0.717, 1.165) is 11.4 Å². The number of fused-ring (bicyclic) bond motifs is 4. The molecule has 0 aliphatic carbocycles. The van der Waals surface area contributed by atoms with Crippen LogP contribution in [0.3, 0.4) is 0 Å². The van der Waals surface area contributed by atoms with Crippen LogP contribution in [-0.4, -0.2) is 6.71 Å². The number of hydrogen-bond acceptors (Lipinski definition) is 2. The lowest BCUT2D eigenvalue weighted by Gasteiger charge is -2.45. The standard InChI is InChI=1S/C66H53BN2/c1-46-40-62-64-63(41-46)69(57-43-49(47-22-10-5-11-23-47)42-50(44-57)48-24-12-6-13-25-48)61-45-55(65(2,3)4)36-39-59(61)67(64)58-32-20-21-33-60(58)68(62)56-37-34-54(35-38-56)66(51-26-14-7-15-27-51,52-28-16-8-17-29-52)53-30-18-9-19-31-53/h5-45H,1-4H3. The lowest BCUT2D eigenvalue weighted by molar-refractivity contribution is 0.590. The summed E-state index contributed by atoms with van der Waals surface area (Å²) in [6.45, 7) is 9.26. The first-order valence-corrected chi connectivity index (χ1v) is 24.3. The van der Waals surface area contributed by atoms with Crippen LogP contribution in [0, 0.1) is 6.92 Å². The van der Waals surface area contributed by atoms with E-state index in [-0.39, 0.29) is 12.1 Å². The monoisotopic (exact) mass is 884 g/mol. The summed E-state index contributed by atoms with van der Waals surface area (Å²) in [6.07, 6.45) is 0. The molecule has 2 aliphatic heterocycles. The van der Waals surface area contributed by atoms with Gasteiger partial charge < -0.3 is 9.80 Å². The number of anilines is 6. The highest BCUT2D eigenvalue weighted by Gasteiger charge is 2.44. The largest absolute Gasteiger partial charge is 0.311 e. The summed E-state index contributed by atoms with van der Waals surface area (Å²) in [7, 11) is 0. The summed E-state index contributed by atoms with van der Waals surface area (Å²) in [4.78, 5) is 5.11. The minimum Gasteiger partial charge on any atom is -0.311 e. The van der Waals surface area contributed by atoms with Crippen LogP contribution in [0.5, 0.6) is 0 Å². The lowest BCUT2D eigenvalue weighted by atomic mass is 9.33. The normalized spacial score (nSPS) is 12.8. The zero-order valence-electron chi connectivity index (χ0n) is 39.6. The molecule has 69 heavy (non-hydrogen) atoms. The first-order valence-electron chi connectivity index (χ1n) is 24.3. The van der Waals surface area contributed by atoms with Gasteiger partial charge in [0.05, 0.1) is 5.41 Å². The fourth-order valence-electron chi connectivity index (χ4n) is 11.4. The van der Waals surface area contributed by atoms with E-state index < -0.39 is 5.41 Å². The van der Waals surface area contributed by atoms with Gasteiger partial charge >= 0.3 is 0 Å². The number of nitrogens with zero attached hydrogens (tertiary/aromatic N) is 2. The van der Waals surface area contributed by atoms with Crippen molar-refractivity contribution in [3.63, 3.8) is 0 Å². The maximum atomic E-state index is 2.58. The Labute approximate surface area is 407 Å². The van der Waals surface area contributed by atoms with Gasteiger partial charge in [-0.2, -0.15) is 0 Å². The van der Waals surface area contributed by atoms with Gasteiger partial charge in [-0.05, 0) is 139 Å². The lowest BCUT2D eigenvalue weighted by Crippen LogP contribution is -2.61. The quantitative estimate of drug-likeness (QED) is 0.111. The molecule has 10 aromatic carbocycles. The number of para-hydroxylation sites is 1. The van der Waals surface area contributed by atoms with Gasteiger partial charge in [-0.25, -0.2) is 0 Å². The molecule has 10 aromatic rings. The van der Waals surface area contributed by atoms with Crippen LogP contribution in [0.15, 0.2) is 249 Å². The van der Waals surface area contributed by atoms with Crippen molar-refractivity contribution in [2.24, 2.45) is 0 Å². The average Bonchev–Trinajstić information content (AvgIpc) is 3.40. The zero-order chi connectivity index (χ0) is 46.7. The predicted molar refractivity (Wildman–Crippen MR) is 293 cm³/mol. The molecule has 0 aromatic heterocycles. The molecule has 0 saturated heterocycles. The number of rotatable bonds is 8. The Kier molecular flexibility index (Phi) is 10.3. The smallest absolute Gasteiger partial charge is 0.252 e. The molecular weight excluding hydrogens is 832 g/mol. The fourth-order valence-corrected chi connectivity index (χ4v) is 11.4. The van der Waals surface area contributed by atoms with Gasteiger partial charge in [0, 0.05) is 34.1 Å². The molecule has 0 radical (unpaired) electrons. The summed E-state index contributed by atoms with van der Waals surface area (Å²) < 4.78 is 0. The third-order valence-electron chi connectivity index (χ3n) is 14.6. The van der Waals surface area contributed by atoms with Gasteiger partial charge in [0.2, 0.25) is 0 Å². The maximum Gasteiger partial charge on any atom is 0.252 e. The molecule has 0 unspecified atom stereocenters. The second-order valence-electron chi connectivity index (χ2n) is 19.8. The third kappa shape index (κ3) is 7.11.